The summed E-state index contributed by atoms with van der Waals surface area (Å²) in [4.78, 5) is 37.8. The van der Waals surface area contributed by atoms with E-state index in [0.717, 1.165) is 38.0 Å². The molecule has 4 rings (SSSR count). The number of rotatable bonds is 8. The minimum Gasteiger partial charge on any atom is -0.354 e. The van der Waals surface area contributed by atoms with Gasteiger partial charge in [-0.2, -0.15) is 0 Å². The van der Waals surface area contributed by atoms with Crippen molar-refractivity contribution in [3.05, 3.63) is 36.4 Å². The van der Waals surface area contributed by atoms with Gasteiger partial charge in [-0.1, -0.05) is 11.8 Å². The summed E-state index contributed by atoms with van der Waals surface area (Å²) in [6.07, 6.45) is 4.04. The van der Waals surface area contributed by atoms with Crippen molar-refractivity contribution in [2.75, 3.05) is 34.4 Å². The number of piperidine rings is 1. The first-order valence-corrected chi connectivity index (χ1v) is 12.1. The van der Waals surface area contributed by atoms with E-state index < -0.39 is 0 Å². The summed E-state index contributed by atoms with van der Waals surface area (Å²) in [5.41, 5.74) is 1.33. The molecule has 1 unspecified atom stereocenters. The van der Waals surface area contributed by atoms with Crippen LogP contribution in [0.25, 0.3) is 0 Å². The van der Waals surface area contributed by atoms with Crippen LogP contribution in [-0.2, 0) is 14.4 Å². The number of hydrogen-bond acceptors (Lipinski definition) is 7. The number of carbonyl (C=O) groups excluding carboxylic acids is 3. The molecule has 3 amide bonds. The van der Waals surface area contributed by atoms with Crippen molar-refractivity contribution in [2.24, 2.45) is 5.92 Å². The van der Waals surface area contributed by atoms with Gasteiger partial charge in [-0.15, -0.1) is 10.2 Å². The maximum absolute atomic E-state index is 12.4. The standard InChI is InChI=1S/C23H28N6O3S/c1-15(30)24-17-4-6-18(7-5-17)25-21(31)14-33-22-11-10-20(27-28-22)29-12-2-3-16(13-29)23(32)26-19-8-9-19/h4-7,10-11,16,19H,2-3,8-9,12-14H2,1H3,(H,24,30)(H,25,31)(H,26,32). The van der Waals surface area contributed by atoms with E-state index in [4.69, 9.17) is 0 Å². The zero-order valence-corrected chi connectivity index (χ0v) is 19.4. The maximum atomic E-state index is 12.4. The second-order valence-corrected chi connectivity index (χ2v) is 9.39. The molecule has 1 saturated heterocycles. The van der Waals surface area contributed by atoms with Crippen molar-refractivity contribution in [1.82, 2.24) is 15.5 Å². The normalized spacial score (nSPS) is 17.8. The molecule has 1 saturated carbocycles. The van der Waals surface area contributed by atoms with Crippen LogP contribution in [-0.4, -0.2) is 52.8 Å². The van der Waals surface area contributed by atoms with Crippen LogP contribution in [0.15, 0.2) is 41.4 Å². The van der Waals surface area contributed by atoms with Crippen LogP contribution < -0.4 is 20.9 Å². The lowest BCUT2D eigenvalue weighted by atomic mass is 9.97. The van der Waals surface area contributed by atoms with Gasteiger partial charge in [-0.05, 0) is 62.1 Å². The van der Waals surface area contributed by atoms with Crippen molar-refractivity contribution in [2.45, 2.75) is 43.7 Å². The van der Waals surface area contributed by atoms with Gasteiger partial charge in [0.1, 0.15) is 5.03 Å². The SMILES string of the molecule is CC(=O)Nc1ccc(NC(=O)CSc2ccc(N3CCCC(C(=O)NC4CC4)C3)nn2)cc1. The van der Waals surface area contributed by atoms with Gasteiger partial charge in [0, 0.05) is 37.4 Å². The summed E-state index contributed by atoms with van der Waals surface area (Å²) in [7, 11) is 0. The molecule has 10 heteroatoms. The van der Waals surface area contributed by atoms with E-state index in [1.165, 1.54) is 18.7 Å². The van der Waals surface area contributed by atoms with E-state index in [2.05, 4.69) is 31.0 Å². The Morgan fingerprint density at radius 3 is 2.36 bits per heavy atom. The van der Waals surface area contributed by atoms with Crippen molar-refractivity contribution < 1.29 is 14.4 Å². The first-order chi connectivity index (χ1) is 16.0. The third kappa shape index (κ3) is 6.92. The molecule has 33 heavy (non-hydrogen) atoms. The number of aromatic nitrogens is 2. The molecule has 9 nitrogen and oxygen atoms in total. The number of amides is 3. The van der Waals surface area contributed by atoms with Gasteiger partial charge in [0.05, 0.1) is 11.7 Å². The van der Waals surface area contributed by atoms with Gasteiger partial charge in [0.2, 0.25) is 17.7 Å². The van der Waals surface area contributed by atoms with Gasteiger partial charge in [-0.3, -0.25) is 14.4 Å². The molecule has 174 valence electrons. The van der Waals surface area contributed by atoms with E-state index in [1.54, 1.807) is 24.3 Å². The molecule has 1 aliphatic heterocycles. The third-order valence-corrected chi connectivity index (χ3v) is 6.43. The number of nitrogens with one attached hydrogen (secondary N) is 3. The molecular weight excluding hydrogens is 440 g/mol. The molecule has 2 heterocycles. The zero-order valence-electron chi connectivity index (χ0n) is 18.5. The highest BCUT2D eigenvalue weighted by Crippen LogP contribution is 2.25. The quantitative estimate of drug-likeness (QED) is 0.510. The van der Waals surface area contributed by atoms with Gasteiger partial charge in [-0.25, -0.2) is 0 Å². The molecule has 2 fully saturated rings. The molecule has 3 N–H and O–H groups in total. The first-order valence-electron chi connectivity index (χ1n) is 11.2. The molecule has 0 radical (unpaired) electrons. The Balaban J connectivity index is 1.24. The van der Waals surface area contributed by atoms with Crippen LogP contribution in [0.3, 0.4) is 0 Å². The van der Waals surface area contributed by atoms with Crippen LogP contribution in [0.4, 0.5) is 17.2 Å². The molecule has 2 aromatic rings. The summed E-state index contributed by atoms with van der Waals surface area (Å²) in [5.74, 6) is 0.804. The zero-order chi connectivity index (χ0) is 23.2. The fourth-order valence-corrected chi connectivity index (χ4v) is 4.30. The largest absolute Gasteiger partial charge is 0.354 e. The minimum absolute atomic E-state index is 0.00814. The summed E-state index contributed by atoms with van der Waals surface area (Å²) in [5, 5.41) is 17.8. The van der Waals surface area contributed by atoms with Gasteiger partial charge >= 0.3 is 0 Å². The summed E-state index contributed by atoms with van der Waals surface area (Å²) in [6, 6.07) is 11.1. The highest BCUT2D eigenvalue weighted by Gasteiger charge is 2.30. The van der Waals surface area contributed by atoms with Gasteiger partial charge in [0.15, 0.2) is 5.82 Å². The number of nitrogens with zero attached hydrogens (tertiary/aromatic N) is 3. The summed E-state index contributed by atoms with van der Waals surface area (Å²) in [6.45, 7) is 2.96. The van der Waals surface area contributed by atoms with Crippen molar-refractivity contribution in [1.29, 1.82) is 0 Å². The Kier molecular flexibility index (Phi) is 7.43. The van der Waals surface area contributed by atoms with E-state index >= 15 is 0 Å². The lowest BCUT2D eigenvalue weighted by molar-refractivity contribution is -0.125. The fraction of sp³-hybridized carbons (Fsp3) is 0.435. The van der Waals surface area contributed by atoms with E-state index in [9.17, 15) is 14.4 Å². The number of hydrogen-bond donors (Lipinski definition) is 3. The highest BCUT2D eigenvalue weighted by molar-refractivity contribution is 7.99. The van der Waals surface area contributed by atoms with Crippen LogP contribution >= 0.6 is 11.8 Å². The van der Waals surface area contributed by atoms with Crippen molar-refractivity contribution in [3.8, 4) is 0 Å². The number of benzene rings is 1. The van der Waals surface area contributed by atoms with Crippen LogP contribution in [0.5, 0.6) is 0 Å². The Labute approximate surface area is 197 Å². The average molecular weight is 469 g/mol. The van der Waals surface area contributed by atoms with E-state index in [0.29, 0.717) is 29.0 Å². The summed E-state index contributed by atoms with van der Waals surface area (Å²) >= 11 is 1.31. The second-order valence-electron chi connectivity index (χ2n) is 8.39. The van der Waals surface area contributed by atoms with Crippen molar-refractivity contribution in [3.63, 3.8) is 0 Å². The number of thioether (sulfide) groups is 1. The fourth-order valence-electron chi connectivity index (χ4n) is 3.68. The second kappa shape index (κ2) is 10.7. The average Bonchev–Trinajstić information content (AvgIpc) is 3.63. The maximum Gasteiger partial charge on any atom is 0.234 e. The smallest absolute Gasteiger partial charge is 0.234 e. The van der Waals surface area contributed by atoms with Crippen molar-refractivity contribution >= 4 is 46.7 Å². The topological polar surface area (TPSA) is 116 Å². The lowest BCUT2D eigenvalue weighted by Crippen LogP contribution is -2.44. The predicted molar refractivity (Wildman–Crippen MR) is 128 cm³/mol. The summed E-state index contributed by atoms with van der Waals surface area (Å²) < 4.78 is 0. The van der Waals surface area contributed by atoms with Crippen LogP contribution in [0.2, 0.25) is 0 Å². The van der Waals surface area contributed by atoms with E-state index in [-0.39, 0.29) is 29.4 Å². The Morgan fingerprint density at radius 2 is 1.73 bits per heavy atom. The van der Waals surface area contributed by atoms with Gasteiger partial charge < -0.3 is 20.9 Å². The third-order valence-electron chi connectivity index (χ3n) is 5.51. The molecule has 1 aliphatic carbocycles. The molecular formula is C23H28N6O3S. The predicted octanol–water partition coefficient (Wildman–Crippen LogP) is 2.66. The molecule has 2 aliphatic rings. The monoisotopic (exact) mass is 468 g/mol. The Hall–Kier alpha value is -3.14. The first kappa shape index (κ1) is 23.0. The number of carbonyl (C=O) groups is 3. The van der Waals surface area contributed by atoms with Crippen LogP contribution in [0.1, 0.15) is 32.6 Å². The highest BCUT2D eigenvalue weighted by atomic mass is 32.2. The Morgan fingerprint density at radius 1 is 1.00 bits per heavy atom. The molecule has 0 bridgehead atoms. The van der Waals surface area contributed by atoms with Crippen LogP contribution in [0, 0.1) is 5.92 Å². The number of anilines is 3. The lowest BCUT2D eigenvalue weighted by Gasteiger charge is -2.32. The molecule has 0 spiro atoms. The molecule has 1 atom stereocenters. The molecule has 1 aromatic heterocycles. The van der Waals surface area contributed by atoms with E-state index in [1.807, 2.05) is 12.1 Å². The minimum atomic E-state index is -0.154. The Bertz CT molecular complexity index is 994. The molecule has 1 aromatic carbocycles. The van der Waals surface area contributed by atoms with Gasteiger partial charge in [0.25, 0.3) is 0 Å².